The predicted octanol–water partition coefficient (Wildman–Crippen LogP) is 12.8. The van der Waals surface area contributed by atoms with Crippen LogP contribution in [0.2, 0.25) is 0 Å². The SMILES string of the molecule is CCCCC(C)(C)OC(=O)C1(C)CCCC2(C)c3cc(-c4cc5c(cc4C(C)C)CCC4C(C)CCCC54C)c(C(C)C)cc3CCC12. The van der Waals surface area contributed by atoms with Crippen LogP contribution in [0.3, 0.4) is 0 Å². The van der Waals surface area contributed by atoms with Crippen LogP contribution in [0.4, 0.5) is 0 Å². The Morgan fingerprint density at radius 2 is 1.38 bits per heavy atom. The van der Waals surface area contributed by atoms with E-state index in [4.69, 9.17) is 4.74 Å². The van der Waals surface area contributed by atoms with Crippen molar-refractivity contribution >= 4 is 5.97 Å². The summed E-state index contributed by atoms with van der Waals surface area (Å²) in [7, 11) is 0. The number of hydrogen-bond donors (Lipinski definition) is 0. The number of carbonyl (C=O) groups excluding carboxylic acids is 1. The molecule has 2 nitrogen and oxygen atoms in total. The van der Waals surface area contributed by atoms with Crippen LogP contribution in [0.5, 0.6) is 0 Å². The lowest BCUT2D eigenvalue weighted by Gasteiger charge is -2.54. The molecule has 0 bridgehead atoms. The van der Waals surface area contributed by atoms with Crippen LogP contribution < -0.4 is 0 Å². The van der Waals surface area contributed by atoms with E-state index < -0.39 is 11.0 Å². The molecule has 0 spiro atoms. The minimum Gasteiger partial charge on any atom is -0.459 e. The van der Waals surface area contributed by atoms with Gasteiger partial charge in [-0.25, -0.2) is 0 Å². The largest absolute Gasteiger partial charge is 0.459 e. The molecule has 48 heavy (non-hydrogen) atoms. The number of ether oxygens (including phenoxy) is 1. The summed E-state index contributed by atoms with van der Waals surface area (Å²) in [5.74, 6) is 2.84. The van der Waals surface area contributed by atoms with Gasteiger partial charge in [0.15, 0.2) is 0 Å². The van der Waals surface area contributed by atoms with E-state index in [-0.39, 0.29) is 22.7 Å². The molecule has 0 amide bonds. The lowest BCUT2D eigenvalue weighted by Crippen LogP contribution is -2.54. The fraction of sp³-hybridized carbons (Fsp3) is 0.717. The Kier molecular flexibility index (Phi) is 9.61. The molecular weight excluding hydrogens is 585 g/mol. The summed E-state index contributed by atoms with van der Waals surface area (Å²) in [5.41, 5.74) is 11.6. The van der Waals surface area contributed by atoms with Crippen molar-refractivity contribution in [3.8, 4) is 11.1 Å². The number of rotatable bonds is 8. The lowest BCUT2D eigenvalue weighted by molar-refractivity contribution is -0.178. The van der Waals surface area contributed by atoms with Gasteiger partial charge in [-0.1, -0.05) is 105 Å². The van der Waals surface area contributed by atoms with Crippen molar-refractivity contribution in [1.82, 2.24) is 0 Å². The smallest absolute Gasteiger partial charge is 0.312 e. The van der Waals surface area contributed by atoms with Crippen molar-refractivity contribution in [3.05, 3.63) is 57.6 Å². The molecule has 6 unspecified atom stereocenters. The highest BCUT2D eigenvalue weighted by molar-refractivity contribution is 5.79. The quantitative estimate of drug-likeness (QED) is 0.265. The van der Waals surface area contributed by atoms with Gasteiger partial charge in [-0.2, -0.15) is 0 Å². The van der Waals surface area contributed by atoms with Gasteiger partial charge in [-0.3, -0.25) is 4.79 Å². The van der Waals surface area contributed by atoms with Crippen molar-refractivity contribution in [2.24, 2.45) is 23.2 Å². The van der Waals surface area contributed by atoms with E-state index in [9.17, 15) is 4.79 Å². The maximum atomic E-state index is 14.2. The summed E-state index contributed by atoms with van der Waals surface area (Å²) >= 11 is 0. The van der Waals surface area contributed by atoms with E-state index in [2.05, 4.69) is 100 Å². The highest BCUT2D eigenvalue weighted by atomic mass is 16.6. The van der Waals surface area contributed by atoms with E-state index in [1.807, 2.05) is 0 Å². The Morgan fingerprint density at radius 3 is 1.96 bits per heavy atom. The molecule has 6 atom stereocenters. The van der Waals surface area contributed by atoms with Gasteiger partial charge >= 0.3 is 5.97 Å². The zero-order chi connectivity index (χ0) is 34.8. The molecule has 0 aromatic heterocycles. The molecule has 0 N–H and O–H groups in total. The zero-order valence-corrected chi connectivity index (χ0v) is 32.7. The van der Waals surface area contributed by atoms with E-state index in [0.29, 0.717) is 11.8 Å². The number of unbranched alkanes of at least 4 members (excludes halogenated alkanes) is 1. The van der Waals surface area contributed by atoms with E-state index >= 15 is 0 Å². The summed E-state index contributed by atoms with van der Waals surface area (Å²) in [6, 6.07) is 10.6. The topological polar surface area (TPSA) is 26.3 Å². The van der Waals surface area contributed by atoms with Crippen LogP contribution in [-0.4, -0.2) is 11.6 Å². The van der Waals surface area contributed by atoms with E-state index in [1.165, 1.54) is 65.5 Å². The molecule has 0 radical (unpaired) electrons. The van der Waals surface area contributed by atoms with Gasteiger partial charge in [0.05, 0.1) is 5.41 Å². The fourth-order valence-corrected chi connectivity index (χ4v) is 11.7. The Morgan fingerprint density at radius 1 is 0.812 bits per heavy atom. The lowest BCUT2D eigenvalue weighted by atomic mass is 9.49. The minimum absolute atomic E-state index is 0.0422. The first-order valence-electron chi connectivity index (χ1n) is 20.1. The maximum absolute atomic E-state index is 14.2. The second-order valence-corrected chi connectivity index (χ2v) is 19.0. The summed E-state index contributed by atoms with van der Waals surface area (Å²) in [6.07, 6.45) is 15.0. The molecule has 6 rings (SSSR count). The number of carbonyl (C=O) groups is 1. The third-order valence-corrected chi connectivity index (χ3v) is 14.5. The molecule has 4 aliphatic carbocycles. The van der Waals surface area contributed by atoms with Gasteiger partial charge in [0.1, 0.15) is 5.60 Å². The van der Waals surface area contributed by atoms with Crippen LogP contribution >= 0.6 is 0 Å². The van der Waals surface area contributed by atoms with Crippen LogP contribution in [0.25, 0.3) is 11.1 Å². The van der Waals surface area contributed by atoms with Crippen molar-refractivity contribution in [3.63, 3.8) is 0 Å². The Labute approximate surface area is 294 Å². The van der Waals surface area contributed by atoms with Crippen LogP contribution in [0.15, 0.2) is 24.3 Å². The standard InChI is InChI=1S/C46H68O2/c1-12-13-21-43(7,8)48-42(47)46(11)24-15-23-45(10)40-28-37(35(30(4)5)26-33(40)18-20-41(45)46)36-27-39-32(25-34(36)29(2)3)17-19-38-31(6)16-14-22-44(38,39)9/h25-31,38,41H,12-24H2,1-11H3. The molecule has 2 aromatic carbocycles. The molecule has 2 saturated carbocycles. The third-order valence-electron chi connectivity index (χ3n) is 14.5. The molecule has 4 aliphatic rings. The number of hydrogen-bond acceptors (Lipinski definition) is 2. The summed E-state index contributed by atoms with van der Waals surface area (Å²) in [6.45, 7) is 25.9. The normalized spacial score (nSPS) is 31.6. The van der Waals surface area contributed by atoms with Crippen LogP contribution in [-0.2, 0) is 33.2 Å². The Hall–Kier alpha value is -2.09. The number of benzene rings is 2. The highest BCUT2D eigenvalue weighted by Gasteiger charge is 2.56. The summed E-state index contributed by atoms with van der Waals surface area (Å²) < 4.78 is 6.42. The fourth-order valence-electron chi connectivity index (χ4n) is 11.7. The van der Waals surface area contributed by atoms with Crippen molar-refractivity contribution in [2.45, 2.75) is 188 Å². The van der Waals surface area contributed by atoms with Gasteiger partial charge in [0, 0.05) is 0 Å². The Balaban J connectivity index is 1.47. The van der Waals surface area contributed by atoms with Gasteiger partial charge in [-0.15, -0.1) is 0 Å². The van der Waals surface area contributed by atoms with Crippen LogP contribution in [0, 0.1) is 23.2 Å². The maximum Gasteiger partial charge on any atom is 0.312 e. The third kappa shape index (κ3) is 5.92. The first-order valence-corrected chi connectivity index (χ1v) is 20.1. The monoisotopic (exact) mass is 653 g/mol. The molecule has 2 fully saturated rings. The zero-order valence-electron chi connectivity index (χ0n) is 32.7. The van der Waals surface area contributed by atoms with E-state index in [1.54, 1.807) is 11.1 Å². The first kappa shape index (κ1) is 35.7. The van der Waals surface area contributed by atoms with Gasteiger partial charge < -0.3 is 4.74 Å². The van der Waals surface area contributed by atoms with E-state index in [0.717, 1.165) is 63.2 Å². The van der Waals surface area contributed by atoms with Gasteiger partial charge in [-0.05, 0) is 163 Å². The summed E-state index contributed by atoms with van der Waals surface area (Å²) in [4.78, 5) is 14.2. The van der Waals surface area contributed by atoms with Crippen LogP contribution in [0.1, 0.15) is 192 Å². The molecule has 0 aliphatic heterocycles. The molecule has 264 valence electrons. The average Bonchev–Trinajstić information content (AvgIpc) is 3.02. The average molecular weight is 653 g/mol. The molecular formula is C46H68O2. The Bertz CT molecular complexity index is 1530. The number of esters is 1. The van der Waals surface area contributed by atoms with Gasteiger partial charge in [0.2, 0.25) is 0 Å². The second-order valence-electron chi connectivity index (χ2n) is 19.0. The molecule has 2 aromatic rings. The first-order chi connectivity index (χ1) is 22.6. The minimum atomic E-state index is -0.457. The molecule has 0 heterocycles. The van der Waals surface area contributed by atoms with Crippen molar-refractivity contribution in [1.29, 1.82) is 0 Å². The second kappa shape index (κ2) is 12.9. The molecule has 2 heteroatoms. The van der Waals surface area contributed by atoms with Crippen molar-refractivity contribution < 1.29 is 9.53 Å². The number of aryl methyl sites for hydroxylation is 2. The molecule has 0 saturated heterocycles. The van der Waals surface area contributed by atoms with Crippen molar-refractivity contribution in [2.75, 3.05) is 0 Å². The predicted molar refractivity (Wildman–Crippen MR) is 203 cm³/mol. The summed E-state index contributed by atoms with van der Waals surface area (Å²) in [5, 5.41) is 0. The van der Waals surface area contributed by atoms with Gasteiger partial charge in [0.25, 0.3) is 0 Å². The highest BCUT2D eigenvalue weighted by Crippen LogP contribution is 2.59. The number of fused-ring (bicyclic) bond motifs is 6.